The van der Waals surface area contributed by atoms with Crippen LogP contribution in [0.5, 0.6) is 23.0 Å². The Balaban J connectivity index is 0.000000512. The molecular formula is C36H42O18S4. The van der Waals surface area contributed by atoms with Crippen molar-refractivity contribution in [3.8, 4) is 23.0 Å². The van der Waals surface area contributed by atoms with Crippen LogP contribution in [0.2, 0.25) is 0 Å². The number of ether oxygens (including phenoxy) is 2. The zero-order chi connectivity index (χ0) is 44.3. The molecule has 0 aliphatic heterocycles. The van der Waals surface area contributed by atoms with Crippen molar-refractivity contribution in [2.45, 2.75) is 42.1 Å². The first-order valence-electron chi connectivity index (χ1n) is 16.0. The fourth-order valence-corrected chi connectivity index (χ4v) is 7.97. The van der Waals surface area contributed by atoms with E-state index in [9.17, 15) is 34.8 Å². The van der Waals surface area contributed by atoms with Gasteiger partial charge in [-0.3, -0.25) is 24.9 Å². The van der Waals surface area contributed by atoms with Gasteiger partial charge in [-0.1, -0.05) is 47.5 Å². The van der Waals surface area contributed by atoms with Crippen LogP contribution in [0.15, 0.2) is 94.7 Å². The molecule has 0 aromatic heterocycles. The maximum absolute atomic E-state index is 12.4. The Hall–Kier alpha value is -5.39. The second-order valence-corrected chi connectivity index (χ2v) is 17.6. The zero-order valence-corrected chi connectivity index (χ0v) is 34.9. The minimum absolute atomic E-state index is 0.0378. The van der Waals surface area contributed by atoms with Crippen molar-refractivity contribution in [2.24, 2.45) is 0 Å². The molecule has 0 bridgehead atoms. The Morgan fingerprint density at radius 2 is 0.966 bits per heavy atom. The van der Waals surface area contributed by atoms with Crippen molar-refractivity contribution in [1.82, 2.24) is 0 Å². The van der Waals surface area contributed by atoms with Crippen LogP contribution in [0.4, 0.5) is 0 Å². The first-order chi connectivity index (χ1) is 27.1. The van der Waals surface area contributed by atoms with Crippen LogP contribution in [0.3, 0.4) is 0 Å². The molecule has 0 heterocycles. The molecule has 4 rings (SSSR count). The third-order valence-corrected chi connectivity index (χ3v) is 11.6. The lowest BCUT2D eigenvalue weighted by atomic mass is 10.2. The monoisotopic (exact) mass is 890 g/mol. The Morgan fingerprint density at radius 1 is 0.586 bits per heavy atom. The molecule has 0 amide bonds. The second-order valence-electron chi connectivity index (χ2n) is 11.5. The number of carbonyl (C=O) groups is 3. The molecule has 4 aromatic carbocycles. The summed E-state index contributed by atoms with van der Waals surface area (Å²) in [6, 6.07) is 21.1. The lowest BCUT2D eigenvalue weighted by Gasteiger charge is -2.12. The van der Waals surface area contributed by atoms with Crippen molar-refractivity contribution in [3.63, 3.8) is 0 Å². The zero-order valence-electron chi connectivity index (χ0n) is 31.6. The van der Waals surface area contributed by atoms with Crippen LogP contribution in [-0.2, 0) is 56.0 Å². The number of hydrogen-bond acceptors (Lipinski definition) is 16. The summed E-state index contributed by atoms with van der Waals surface area (Å²) in [5, 5.41) is 36.8. The van der Waals surface area contributed by atoms with E-state index in [1.807, 2.05) is 6.92 Å². The van der Waals surface area contributed by atoms with E-state index in [4.69, 9.17) is 48.5 Å². The number of carboxylic acid groups (broad SMARTS) is 3. The largest absolute Gasteiger partial charge is 0.493 e. The summed E-state index contributed by atoms with van der Waals surface area (Å²) in [7, 11) is -9.35. The van der Waals surface area contributed by atoms with Gasteiger partial charge < -0.3 is 33.2 Å². The predicted octanol–water partition coefficient (Wildman–Crippen LogP) is 4.97. The van der Waals surface area contributed by atoms with Gasteiger partial charge in [-0.25, -0.2) is 8.42 Å². The van der Waals surface area contributed by atoms with Gasteiger partial charge in [-0.15, -0.1) is 11.8 Å². The summed E-state index contributed by atoms with van der Waals surface area (Å²) in [6.07, 6.45) is 0. The third kappa shape index (κ3) is 18.3. The highest BCUT2D eigenvalue weighted by atomic mass is 32.2. The fourth-order valence-electron chi connectivity index (χ4n) is 4.24. The van der Waals surface area contributed by atoms with E-state index >= 15 is 0 Å². The number of methoxy groups -OCH3 is 2. The number of carboxylic acids is 3. The van der Waals surface area contributed by atoms with Crippen LogP contribution < -0.4 is 17.8 Å². The molecule has 18 nitrogen and oxygen atoms in total. The van der Waals surface area contributed by atoms with Gasteiger partial charge in [-0.2, -0.15) is 16.8 Å². The molecule has 0 aliphatic carbocycles. The van der Waals surface area contributed by atoms with Crippen molar-refractivity contribution in [1.29, 1.82) is 0 Å². The minimum atomic E-state index is -4.17. The van der Waals surface area contributed by atoms with E-state index in [1.54, 1.807) is 49.4 Å². The minimum Gasteiger partial charge on any atom is -0.493 e. The number of sulfone groups is 1. The summed E-state index contributed by atoms with van der Waals surface area (Å²) in [6.45, 7) is 4.75. The van der Waals surface area contributed by atoms with Gasteiger partial charge in [0.25, 0.3) is 5.97 Å². The smallest absolute Gasteiger partial charge is 0.339 e. The molecule has 318 valence electrons. The molecular weight excluding hydrogens is 849 g/mol. The number of aryl methyl sites for hydroxylation is 2. The van der Waals surface area contributed by atoms with Crippen LogP contribution in [-0.4, -0.2) is 94.7 Å². The van der Waals surface area contributed by atoms with E-state index in [0.717, 1.165) is 23.6 Å². The summed E-state index contributed by atoms with van der Waals surface area (Å²) in [5.74, 6) is -4.20. The Kier molecular flexibility index (Phi) is 20.7. The Morgan fingerprint density at radius 3 is 1.33 bits per heavy atom. The van der Waals surface area contributed by atoms with Crippen LogP contribution in [0.1, 0.15) is 29.2 Å². The summed E-state index contributed by atoms with van der Waals surface area (Å²) in [5.41, 5.74) is 2.72. The average molecular weight is 891 g/mol. The molecule has 58 heavy (non-hydrogen) atoms. The summed E-state index contributed by atoms with van der Waals surface area (Å²) >= 11 is 1.21. The number of aliphatic carboxylic acids is 3. The number of hydrogen-bond donors (Lipinski definition) is 5. The highest BCUT2D eigenvalue weighted by Gasteiger charge is 2.22. The first-order valence-corrected chi connectivity index (χ1v) is 21.8. The van der Waals surface area contributed by atoms with Gasteiger partial charge in [0.2, 0.25) is 0 Å². The predicted molar refractivity (Wildman–Crippen MR) is 211 cm³/mol. The lowest BCUT2D eigenvalue weighted by molar-refractivity contribution is -0.176. The molecule has 22 heteroatoms. The van der Waals surface area contributed by atoms with E-state index in [0.29, 0.717) is 5.75 Å². The number of thioether (sulfide) groups is 1. The molecule has 0 spiro atoms. The third-order valence-electron chi connectivity index (χ3n) is 6.70. The quantitative estimate of drug-likeness (QED) is 0.0564. The molecule has 0 aliphatic rings. The van der Waals surface area contributed by atoms with Gasteiger partial charge >= 0.3 is 32.2 Å². The average Bonchev–Trinajstić information content (AvgIpc) is 3.12. The normalized spacial score (nSPS) is 10.8. The van der Waals surface area contributed by atoms with Gasteiger partial charge in [0.15, 0.2) is 32.8 Å². The van der Waals surface area contributed by atoms with Crippen molar-refractivity contribution in [2.75, 3.05) is 25.7 Å². The van der Waals surface area contributed by atoms with Crippen molar-refractivity contribution >= 4 is 59.7 Å². The maximum atomic E-state index is 12.4. The SMILES string of the molecule is CC(=O)O.COc1ccc(CS(=O)(=O)CC(=O)O)cc1OS(=O)(=O)c1ccc(C)cc1.COc1ccc(CSCC(=O)O)cc1OS(=O)(=O)c1ccc(C)cc1.OO. The Bertz CT molecular complexity index is 2300. The van der Waals surface area contributed by atoms with E-state index in [-0.39, 0.29) is 44.1 Å². The highest BCUT2D eigenvalue weighted by molar-refractivity contribution is 7.99. The molecule has 0 atom stereocenters. The first kappa shape index (κ1) is 50.6. The molecule has 0 fully saturated rings. The van der Waals surface area contributed by atoms with Crippen LogP contribution >= 0.6 is 11.8 Å². The van der Waals surface area contributed by atoms with E-state index in [2.05, 4.69) is 0 Å². The highest BCUT2D eigenvalue weighted by Crippen LogP contribution is 2.33. The molecule has 4 aromatic rings. The topological polar surface area (TPSA) is 292 Å². The van der Waals surface area contributed by atoms with Gasteiger partial charge in [0.05, 0.1) is 25.7 Å². The molecule has 0 saturated heterocycles. The summed E-state index contributed by atoms with van der Waals surface area (Å²) in [4.78, 5) is 30.2. The standard InChI is InChI=1S/C17H18O8S2.C17H18O6S2.C2H4O2.H2O2/c1-12-3-6-14(7-4-12)27(22,23)25-16-9-13(5-8-15(16)24-2)10-26(20,21)11-17(18)19;1-12-3-6-14(7-4-12)25(20,21)23-16-9-13(5-8-15(16)22-2)10-24-11-17(18)19;1-2(3)4;1-2/h3-9H,10-11H2,1-2H3,(H,18,19);3-9H,10-11H2,1-2H3,(H,18,19);1H3,(H,3,4);1-2H. The molecule has 0 radical (unpaired) electrons. The van der Waals surface area contributed by atoms with Gasteiger partial charge in [-0.05, 0) is 73.5 Å². The number of benzene rings is 4. The molecule has 5 N–H and O–H groups in total. The second kappa shape index (κ2) is 23.7. The van der Waals surface area contributed by atoms with Gasteiger partial charge in [0.1, 0.15) is 15.5 Å². The summed E-state index contributed by atoms with van der Waals surface area (Å²) < 4.78 is 94.0. The maximum Gasteiger partial charge on any atom is 0.339 e. The fraction of sp³-hybridized carbons (Fsp3) is 0.250. The van der Waals surface area contributed by atoms with Crippen molar-refractivity contribution < 1.29 is 83.3 Å². The van der Waals surface area contributed by atoms with Crippen molar-refractivity contribution in [3.05, 3.63) is 107 Å². The Labute approximate surface area is 339 Å². The van der Waals surface area contributed by atoms with Crippen LogP contribution in [0.25, 0.3) is 0 Å². The van der Waals surface area contributed by atoms with E-state index in [1.165, 1.54) is 68.4 Å². The lowest BCUT2D eigenvalue weighted by Crippen LogP contribution is -2.17. The van der Waals surface area contributed by atoms with Gasteiger partial charge in [0, 0.05) is 12.7 Å². The molecule has 0 saturated carbocycles. The van der Waals surface area contributed by atoms with Crippen LogP contribution in [0, 0.1) is 13.8 Å². The number of rotatable bonds is 16. The van der Waals surface area contributed by atoms with E-state index < -0.39 is 59.5 Å². The molecule has 0 unspecified atom stereocenters.